The Morgan fingerprint density at radius 3 is 2.53 bits per heavy atom. The lowest BCUT2D eigenvalue weighted by molar-refractivity contribution is -0.139. The summed E-state index contributed by atoms with van der Waals surface area (Å²) in [5, 5.41) is 9.30. The van der Waals surface area contributed by atoms with Crippen molar-refractivity contribution in [1.82, 2.24) is 4.31 Å². The van der Waals surface area contributed by atoms with Gasteiger partial charge >= 0.3 is 5.97 Å². The molecule has 0 amide bonds. The smallest absolute Gasteiger partial charge is 0.312 e. The molecule has 0 radical (unpaired) electrons. The van der Waals surface area contributed by atoms with Gasteiger partial charge in [-0.15, -0.1) is 0 Å². The minimum absolute atomic E-state index is 0.00597. The highest BCUT2D eigenvalue weighted by Crippen LogP contribution is 2.24. The summed E-state index contributed by atoms with van der Waals surface area (Å²) in [5.74, 6) is -1.66. The summed E-state index contributed by atoms with van der Waals surface area (Å²) in [5.41, 5.74) is 0.629. The number of carbonyl (C=O) groups is 1. The van der Waals surface area contributed by atoms with E-state index in [1.54, 1.807) is 30.3 Å². The van der Waals surface area contributed by atoms with Gasteiger partial charge in [-0.1, -0.05) is 37.3 Å². The molecule has 0 aliphatic carbocycles. The van der Waals surface area contributed by atoms with E-state index in [1.165, 1.54) is 4.31 Å². The highest BCUT2D eigenvalue weighted by molar-refractivity contribution is 7.89. The van der Waals surface area contributed by atoms with Crippen LogP contribution in [0.4, 0.5) is 0 Å². The van der Waals surface area contributed by atoms with Crippen LogP contribution in [0.5, 0.6) is 0 Å². The fraction of sp³-hybridized carbons (Fsp3) is 0.462. The fourth-order valence-corrected chi connectivity index (χ4v) is 4.28. The second kappa shape index (κ2) is 5.30. The summed E-state index contributed by atoms with van der Waals surface area (Å²) in [7, 11) is -3.30. The number of hydrogen-bond donors (Lipinski definition) is 1. The maximum absolute atomic E-state index is 11.9. The van der Waals surface area contributed by atoms with Crippen LogP contribution in [0.15, 0.2) is 30.3 Å². The molecule has 19 heavy (non-hydrogen) atoms. The first-order valence-corrected chi connectivity index (χ1v) is 7.76. The lowest BCUT2D eigenvalue weighted by Gasteiger charge is -2.20. The van der Waals surface area contributed by atoms with Crippen molar-refractivity contribution in [2.75, 3.05) is 18.8 Å². The van der Waals surface area contributed by atoms with E-state index in [0.717, 1.165) is 0 Å². The Hall–Kier alpha value is -1.40. The third-order valence-electron chi connectivity index (χ3n) is 3.29. The molecule has 1 saturated heterocycles. The van der Waals surface area contributed by atoms with Crippen molar-refractivity contribution in [2.24, 2.45) is 5.92 Å². The van der Waals surface area contributed by atoms with Crippen LogP contribution in [0.25, 0.3) is 0 Å². The Kier molecular flexibility index (Phi) is 3.91. The SMILES string of the molecule is CC1CN(CC(C(=O)O)c2ccccc2)S(=O)(=O)C1. The van der Waals surface area contributed by atoms with Gasteiger partial charge in [0.25, 0.3) is 0 Å². The van der Waals surface area contributed by atoms with Gasteiger partial charge < -0.3 is 5.11 Å². The van der Waals surface area contributed by atoms with E-state index in [0.29, 0.717) is 12.1 Å². The van der Waals surface area contributed by atoms with Crippen LogP contribution in [-0.2, 0) is 14.8 Å². The van der Waals surface area contributed by atoms with Gasteiger partial charge in [-0.25, -0.2) is 12.7 Å². The zero-order chi connectivity index (χ0) is 14.0. The van der Waals surface area contributed by atoms with Gasteiger partial charge in [0.1, 0.15) is 0 Å². The second-order valence-electron chi connectivity index (χ2n) is 5.00. The lowest BCUT2D eigenvalue weighted by atomic mass is 9.99. The quantitative estimate of drug-likeness (QED) is 0.899. The molecule has 0 aromatic heterocycles. The first kappa shape index (κ1) is 14.0. The molecule has 1 aromatic rings. The summed E-state index contributed by atoms with van der Waals surface area (Å²) >= 11 is 0. The molecule has 1 N–H and O–H groups in total. The topological polar surface area (TPSA) is 74.7 Å². The third-order valence-corrected chi connectivity index (χ3v) is 5.37. The predicted molar refractivity (Wildman–Crippen MR) is 71.3 cm³/mol. The van der Waals surface area contributed by atoms with Crippen LogP contribution >= 0.6 is 0 Å². The van der Waals surface area contributed by atoms with Crippen LogP contribution in [-0.4, -0.2) is 42.6 Å². The zero-order valence-electron chi connectivity index (χ0n) is 10.7. The second-order valence-corrected chi connectivity index (χ2v) is 7.02. The van der Waals surface area contributed by atoms with E-state index in [2.05, 4.69) is 0 Å². The number of benzene rings is 1. The first-order chi connectivity index (χ1) is 8.90. The maximum Gasteiger partial charge on any atom is 0.312 e. The molecular formula is C13H17NO4S. The van der Waals surface area contributed by atoms with E-state index in [1.807, 2.05) is 6.92 Å². The number of carboxylic acids is 1. The molecule has 2 atom stereocenters. The first-order valence-electron chi connectivity index (χ1n) is 6.15. The molecule has 1 fully saturated rings. The number of sulfonamides is 1. The minimum Gasteiger partial charge on any atom is -0.481 e. The Labute approximate surface area is 112 Å². The number of nitrogens with zero attached hydrogens (tertiary/aromatic N) is 1. The minimum atomic E-state index is -3.30. The molecule has 6 heteroatoms. The van der Waals surface area contributed by atoms with Crippen LogP contribution in [0.1, 0.15) is 18.4 Å². The van der Waals surface area contributed by atoms with E-state index < -0.39 is 21.9 Å². The highest BCUT2D eigenvalue weighted by atomic mass is 32.2. The van der Waals surface area contributed by atoms with Crippen molar-refractivity contribution in [1.29, 1.82) is 0 Å². The maximum atomic E-state index is 11.9. The molecule has 2 unspecified atom stereocenters. The van der Waals surface area contributed by atoms with Crippen molar-refractivity contribution in [3.63, 3.8) is 0 Å². The molecule has 5 nitrogen and oxygen atoms in total. The lowest BCUT2D eigenvalue weighted by Crippen LogP contribution is -2.33. The van der Waals surface area contributed by atoms with E-state index in [4.69, 9.17) is 0 Å². The predicted octanol–water partition coefficient (Wildman–Crippen LogP) is 1.14. The van der Waals surface area contributed by atoms with Gasteiger partial charge in [-0.05, 0) is 11.5 Å². The Bertz CT molecular complexity index is 555. The molecule has 1 aliphatic heterocycles. The molecule has 1 aliphatic rings. The number of rotatable bonds is 4. The van der Waals surface area contributed by atoms with Crippen LogP contribution in [0.3, 0.4) is 0 Å². The fourth-order valence-electron chi connectivity index (χ4n) is 2.38. The van der Waals surface area contributed by atoms with Gasteiger partial charge in [0.15, 0.2) is 0 Å². The third kappa shape index (κ3) is 3.13. The molecule has 104 valence electrons. The number of carboxylic acid groups (broad SMARTS) is 1. The summed E-state index contributed by atoms with van der Waals surface area (Å²) in [6.07, 6.45) is 0. The van der Waals surface area contributed by atoms with Crippen molar-refractivity contribution < 1.29 is 18.3 Å². The normalized spacial score (nSPS) is 24.2. The largest absolute Gasteiger partial charge is 0.481 e. The highest BCUT2D eigenvalue weighted by Gasteiger charge is 2.36. The van der Waals surface area contributed by atoms with Crippen LogP contribution < -0.4 is 0 Å². The van der Waals surface area contributed by atoms with E-state index >= 15 is 0 Å². The molecule has 1 heterocycles. The monoisotopic (exact) mass is 283 g/mol. The van der Waals surface area contributed by atoms with Crippen LogP contribution in [0.2, 0.25) is 0 Å². The molecule has 2 rings (SSSR count). The molecule has 0 spiro atoms. The average Bonchev–Trinajstić information content (AvgIpc) is 2.59. The van der Waals surface area contributed by atoms with E-state index in [-0.39, 0.29) is 18.2 Å². The Morgan fingerprint density at radius 1 is 1.42 bits per heavy atom. The molecule has 0 saturated carbocycles. The van der Waals surface area contributed by atoms with Crippen molar-refractivity contribution in [3.8, 4) is 0 Å². The van der Waals surface area contributed by atoms with Crippen molar-refractivity contribution in [2.45, 2.75) is 12.8 Å². The Balaban J connectivity index is 2.22. The van der Waals surface area contributed by atoms with Gasteiger partial charge in [-0.2, -0.15) is 0 Å². The Morgan fingerprint density at radius 2 is 2.05 bits per heavy atom. The number of hydrogen-bond acceptors (Lipinski definition) is 3. The summed E-state index contributed by atoms with van der Waals surface area (Å²) in [4.78, 5) is 11.4. The van der Waals surface area contributed by atoms with E-state index in [9.17, 15) is 18.3 Å². The average molecular weight is 283 g/mol. The standard InChI is InChI=1S/C13H17NO4S/c1-10-7-14(19(17,18)9-10)8-12(13(15)16)11-5-3-2-4-6-11/h2-6,10,12H,7-9H2,1H3,(H,15,16). The van der Waals surface area contributed by atoms with Crippen molar-refractivity contribution >= 4 is 16.0 Å². The van der Waals surface area contributed by atoms with Crippen molar-refractivity contribution in [3.05, 3.63) is 35.9 Å². The van der Waals surface area contributed by atoms with Gasteiger partial charge in [0, 0.05) is 13.1 Å². The van der Waals surface area contributed by atoms with Gasteiger partial charge in [-0.3, -0.25) is 4.79 Å². The van der Waals surface area contributed by atoms with Crippen LogP contribution in [0, 0.1) is 5.92 Å². The summed E-state index contributed by atoms with van der Waals surface area (Å²) < 4.78 is 25.1. The molecular weight excluding hydrogens is 266 g/mol. The molecule has 1 aromatic carbocycles. The number of aliphatic carboxylic acids is 1. The zero-order valence-corrected chi connectivity index (χ0v) is 11.5. The summed E-state index contributed by atoms with van der Waals surface area (Å²) in [6.45, 7) is 2.26. The summed E-state index contributed by atoms with van der Waals surface area (Å²) in [6, 6.07) is 8.74. The van der Waals surface area contributed by atoms with Gasteiger partial charge in [0.2, 0.25) is 10.0 Å². The van der Waals surface area contributed by atoms with Gasteiger partial charge in [0.05, 0.1) is 11.7 Å². The molecule has 0 bridgehead atoms.